The molecule has 0 spiro atoms. The lowest BCUT2D eigenvalue weighted by atomic mass is 10.1. The van der Waals surface area contributed by atoms with Crippen molar-refractivity contribution in [2.24, 2.45) is 0 Å². The molecular formula is C12H20N2O2S. The van der Waals surface area contributed by atoms with Crippen molar-refractivity contribution in [2.45, 2.75) is 52.0 Å². The number of hydrogen-bond acceptors (Lipinski definition) is 4. The second-order valence-corrected chi connectivity index (χ2v) is 5.08. The molecular weight excluding hydrogens is 236 g/mol. The van der Waals surface area contributed by atoms with Crippen LogP contribution in [-0.4, -0.2) is 22.1 Å². The molecule has 17 heavy (non-hydrogen) atoms. The van der Waals surface area contributed by atoms with Gasteiger partial charge in [-0.05, 0) is 13.3 Å². The van der Waals surface area contributed by atoms with Crippen LogP contribution in [-0.2, 0) is 0 Å². The quantitative estimate of drug-likeness (QED) is 0.697. The lowest BCUT2D eigenvalue weighted by Gasteiger charge is -2.13. The lowest BCUT2D eigenvalue weighted by molar-refractivity contribution is 0.0692. The molecule has 0 aliphatic heterocycles. The SMILES string of the molecule is CCCCCCC(C)Nc1scnc1C(=O)O. The molecule has 0 aliphatic rings. The van der Waals surface area contributed by atoms with Gasteiger partial charge in [-0.1, -0.05) is 32.6 Å². The van der Waals surface area contributed by atoms with E-state index in [9.17, 15) is 4.79 Å². The van der Waals surface area contributed by atoms with Gasteiger partial charge >= 0.3 is 5.97 Å². The Hall–Kier alpha value is -1.10. The summed E-state index contributed by atoms with van der Waals surface area (Å²) in [5, 5.41) is 12.8. The largest absolute Gasteiger partial charge is 0.476 e. The predicted octanol–water partition coefficient (Wildman–Crippen LogP) is 3.61. The molecule has 0 amide bonds. The van der Waals surface area contributed by atoms with E-state index in [1.165, 1.54) is 37.0 Å². The molecule has 0 aliphatic carbocycles. The van der Waals surface area contributed by atoms with Gasteiger partial charge in [-0.15, -0.1) is 11.3 Å². The number of unbranched alkanes of at least 4 members (excludes halogenated alkanes) is 3. The molecule has 2 N–H and O–H groups in total. The van der Waals surface area contributed by atoms with Crippen LogP contribution in [0, 0.1) is 0 Å². The molecule has 96 valence electrons. The predicted molar refractivity (Wildman–Crippen MR) is 70.9 cm³/mol. The molecule has 1 unspecified atom stereocenters. The van der Waals surface area contributed by atoms with Crippen molar-refractivity contribution >= 4 is 22.3 Å². The Morgan fingerprint density at radius 2 is 2.29 bits per heavy atom. The molecule has 1 rings (SSSR count). The molecule has 0 fully saturated rings. The third-order valence-electron chi connectivity index (χ3n) is 2.64. The number of aromatic carboxylic acids is 1. The topological polar surface area (TPSA) is 62.2 Å². The minimum absolute atomic E-state index is 0.135. The minimum atomic E-state index is -0.966. The molecule has 0 aromatic carbocycles. The van der Waals surface area contributed by atoms with Gasteiger partial charge in [0.25, 0.3) is 0 Å². The summed E-state index contributed by atoms with van der Waals surface area (Å²) in [4.78, 5) is 14.7. The number of anilines is 1. The number of carboxylic acids is 1. The van der Waals surface area contributed by atoms with Crippen molar-refractivity contribution in [1.29, 1.82) is 0 Å². The molecule has 5 heteroatoms. The van der Waals surface area contributed by atoms with Gasteiger partial charge in [0, 0.05) is 6.04 Å². The van der Waals surface area contributed by atoms with E-state index in [0.29, 0.717) is 11.0 Å². The normalized spacial score (nSPS) is 12.4. The minimum Gasteiger partial charge on any atom is -0.476 e. The molecule has 4 nitrogen and oxygen atoms in total. The van der Waals surface area contributed by atoms with Gasteiger partial charge in [-0.2, -0.15) is 0 Å². The van der Waals surface area contributed by atoms with Crippen LogP contribution in [0.3, 0.4) is 0 Å². The molecule has 0 saturated carbocycles. The number of nitrogens with one attached hydrogen (secondary N) is 1. The fourth-order valence-electron chi connectivity index (χ4n) is 1.67. The van der Waals surface area contributed by atoms with Gasteiger partial charge in [-0.3, -0.25) is 0 Å². The third-order valence-corrected chi connectivity index (χ3v) is 3.40. The highest BCUT2D eigenvalue weighted by Crippen LogP contribution is 2.22. The summed E-state index contributed by atoms with van der Waals surface area (Å²) in [6.07, 6.45) is 6.00. The van der Waals surface area contributed by atoms with E-state index in [2.05, 4.69) is 24.1 Å². The Kier molecular flexibility index (Phi) is 5.97. The maximum Gasteiger partial charge on any atom is 0.357 e. The molecule has 1 aromatic heterocycles. The highest BCUT2D eigenvalue weighted by molar-refractivity contribution is 7.14. The number of aromatic nitrogens is 1. The van der Waals surface area contributed by atoms with Crippen molar-refractivity contribution in [3.8, 4) is 0 Å². The average molecular weight is 256 g/mol. The number of carbonyl (C=O) groups is 1. The molecule has 0 bridgehead atoms. The zero-order valence-electron chi connectivity index (χ0n) is 10.4. The molecule has 1 atom stereocenters. The van der Waals surface area contributed by atoms with E-state index in [1.807, 2.05) is 0 Å². The summed E-state index contributed by atoms with van der Waals surface area (Å²) in [5.74, 6) is -0.966. The number of thiazole rings is 1. The summed E-state index contributed by atoms with van der Waals surface area (Å²) in [7, 11) is 0. The van der Waals surface area contributed by atoms with Crippen LogP contribution >= 0.6 is 11.3 Å². The van der Waals surface area contributed by atoms with Gasteiger partial charge in [0.05, 0.1) is 5.51 Å². The van der Waals surface area contributed by atoms with Crippen LogP contribution in [0.2, 0.25) is 0 Å². The van der Waals surface area contributed by atoms with Gasteiger partial charge in [-0.25, -0.2) is 9.78 Å². The number of hydrogen-bond donors (Lipinski definition) is 2. The summed E-state index contributed by atoms with van der Waals surface area (Å²) >= 11 is 1.35. The standard InChI is InChI=1S/C12H20N2O2S/c1-3-4-5-6-7-9(2)14-11-10(12(15)16)13-8-17-11/h8-9,14H,3-7H2,1-2H3,(H,15,16). The van der Waals surface area contributed by atoms with E-state index >= 15 is 0 Å². The molecule has 0 radical (unpaired) electrons. The monoisotopic (exact) mass is 256 g/mol. The van der Waals surface area contributed by atoms with E-state index in [1.54, 1.807) is 5.51 Å². The maximum absolute atomic E-state index is 10.9. The highest BCUT2D eigenvalue weighted by Gasteiger charge is 2.14. The second kappa shape index (κ2) is 7.27. The lowest BCUT2D eigenvalue weighted by Crippen LogP contribution is -2.16. The zero-order valence-corrected chi connectivity index (χ0v) is 11.2. The van der Waals surface area contributed by atoms with E-state index in [4.69, 9.17) is 5.11 Å². The maximum atomic E-state index is 10.9. The Bertz CT molecular complexity index is 352. The van der Waals surface area contributed by atoms with Gasteiger partial charge < -0.3 is 10.4 Å². The van der Waals surface area contributed by atoms with Gasteiger partial charge in [0.2, 0.25) is 0 Å². The number of carboxylic acid groups (broad SMARTS) is 1. The summed E-state index contributed by atoms with van der Waals surface area (Å²) in [6, 6.07) is 0.297. The van der Waals surface area contributed by atoms with Crippen LogP contribution in [0.4, 0.5) is 5.00 Å². The fraction of sp³-hybridized carbons (Fsp3) is 0.667. The van der Waals surface area contributed by atoms with Crippen LogP contribution in [0.5, 0.6) is 0 Å². The third kappa shape index (κ3) is 4.73. The first-order valence-electron chi connectivity index (χ1n) is 6.08. The Morgan fingerprint density at radius 3 is 2.94 bits per heavy atom. The van der Waals surface area contributed by atoms with Gasteiger partial charge in [0.1, 0.15) is 5.00 Å². The number of rotatable bonds is 8. The second-order valence-electron chi connectivity index (χ2n) is 4.23. The van der Waals surface area contributed by atoms with Crippen molar-refractivity contribution in [3.05, 3.63) is 11.2 Å². The average Bonchev–Trinajstić information content (AvgIpc) is 2.72. The van der Waals surface area contributed by atoms with E-state index in [-0.39, 0.29) is 5.69 Å². The summed E-state index contributed by atoms with van der Waals surface area (Å²) < 4.78 is 0. The molecule has 0 saturated heterocycles. The molecule has 1 aromatic rings. The van der Waals surface area contributed by atoms with Crippen molar-refractivity contribution < 1.29 is 9.90 Å². The van der Waals surface area contributed by atoms with Crippen molar-refractivity contribution in [2.75, 3.05) is 5.32 Å². The number of nitrogens with zero attached hydrogens (tertiary/aromatic N) is 1. The smallest absolute Gasteiger partial charge is 0.357 e. The Balaban J connectivity index is 2.37. The first-order chi connectivity index (χ1) is 8.15. The van der Waals surface area contributed by atoms with Crippen molar-refractivity contribution in [3.63, 3.8) is 0 Å². The fourth-order valence-corrected chi connectivity index (χ4v) is 2.46. The summed E-state index contributed by atoms with van der Waals surface area (Å²) in [6.45, 7) is 4.27. The van der Waals surface area contributed by atoms with E-state index < -0.39 is 5.97 Å². The van der Waals surface area contributed by atoms with Crippen molar-refractivity contribution in [1.82, 2.24) is 4.98 Å². The van der Waals surface area contributed by atoms with Crippen LogP contribution in [0.15, 0.2) is 5.51 Å². The van der Waals surface area contributed by atoms with Crippen LogP contribution in [0.25, 0.3) is 0 Å². The Labute approximate surface area is 106 Å². The van der Waals surface area contributed by atoms with Gasteiger partial charge in [0.15, 0.2) is 5.69 Å². The first-order valence-corrected chi connectivity index (χ1v) is 6.96. The molecule has 1 heterocycles. The van der Waals surface area contributed by atoms with Crippen LogP contribution < -0.4 is 5.32 Å². The van der Waals surface area contributed by atoms with E-state index in [0.717, 1.165) is 6.42 Å². The first kappa shape index (κ1) is 14.0. The highest BCUT2D eigenvalue weighted by atomic mass is 32.1. The van der Waals surface area contributed by atoms with Crippen LogP contribution in [0.1, 0.15) is 56.4 Å². The summed E-state index contributed by atoms with van der Waals surface area (Å²) in [5.41, 5.74) is 1.70. The Morgan fingerprint density at radius 1 is 1.53 bits per heavy atom. The zero-order chi connectivity index (χ0) is 12.7.